The second-order valence-electron chi connectivity index (χ2n) is 20.1. The Bertz CT molecular complexity index is 2850. The van der Waals surface area contributed by atoms with Gasteiger partial charge in [0, 0.05) is 0 Å². The normalized spacial score (nSPS) is 13.2. The summed E-state index contributed by atoms with van der Waals surface area (Å²) < 4.78 is 0. The Morgan fingerprint density at radius 3 is 0.260 bits per heavy atom. The van der Waals surface area contributed by atoms with Crippen LogP contribution in [-0.4, -0.2) is 0 Å². The predicted molar refractivity (Wildman–Crippen MR) is 354 cm³/mol. The van der Waals surface area contributed by atoms with Gasteiger partial charge in [-0.05, 0) is 0 Å². The summed E-state index contributed by atoms with van der Waals surface area (Å²) >= 11 is 0. The van der Waals surface area contributed by atoms with Gasteiger partial charge in [0.2, 0.25) is 0 Å². The molecule has 378 valence electrons. The van der Waals surface area contributed by atoms with Crippen LogP contribution in [0.25, 0.3) is 0 Å². The number of hydrogen-bond donors (Lipinski definition) is 0. The Kier molecular flexibility index (Phi) is 14.7. The van der Waals surface area contributed by atoms with Crippen LogP contribution in [0.3, 0.4) is 0 Å². The molecule has 0 aliphatic heterocycles. The molecular formula is C72H65P5. The fraction of sp³-hybridized carbons (Fsp3) is 0. The molecule has 0 bridgehead atoms. The van der Waals surface area contributed by atoms with Crippen LogP contribution in [0.1, 0.15) is 0 Å². The summed E-state index contributed by atoms with van der Waals surface area (Å²) in [5, 5.41) is 17.4. The maximum absolute atomic E-state index is 4.25. The molecule has 0 aliphatic carbocycles. The molecule has 0 N–H and O–H groups in total. The summed E-state index contributed by atoms with van der Waals surface area (Å²) in [7, 11) is 0. The van der Waals surface area contributed by atoms with Gasteiger partial charge in [0.1, 0.15) is 0 Å². The molecule has 0 nitrogen and oxygen atoms in total. The standard InChI is InChI=1S/C72H65P5/c1-13-37-61(38-14-1)73(62-39-15-2-16-40-62,63-41-17-3-18-42-63)77(74(64-43-19-4-20-44-64,65-45-21-5-22-46-65)66-47-23-6-24-48-66,75(67-49-25-7-26-50-67,68-51-27-8-28-52-68)69-53-29-9-30-54-69)76(70-55-31-10-32-56-70,71-57-33-11-34-58-71)72-59-35-12-36-60-72/h1-60,73-77H. The van der Waals surface area contributed by atoms with E-state index in [1.165, 1.54) is 63.7 Å². The fourth-order valence-corrected chi connectivity index (χ4v) is 144. The molecule has 0 atom stereocenters. The van der Waals surface area contributed by atoms with Crippen molar-refractivity contribution in [2.75, 3.05) is 0 Å². The third kappa shape index (κ3) is 7.92. The molecule has 0 saturated heterocycles. The Labute approximate surface area is 458 Å². The van der Waals surface area contributed by atoms with E-state index >= 15 is 0 Å². The zero-order valence-corrected chi connectivity index (χ0v) is 48.1. The first-order valence-corrected chi connectivity index (χ1v) is 40.9. The van der Waals surface area contributed by atoms with Crippen molar-refractivity contribution in [1.82, 2.24) is 0 Å². The van der Waals surface area contributed by atoms with Crippen LogP contribution >= 0.6 is 33.8 Å². The summed E-state index contributed by atoms with van der Waals surface area (Å²) in [6, 6.07) is 142. The predicted octanol–water partition coefficient (Wildman–Crippen LogP) is 13.3. The molecule has 12 aromatic rings. The minimum absolute atomic E-state index is 1.45. The van der Waals surface area contributed by atoms with Gasteiger partial charge in [-0.3, -0.25) is 0 Å². The van der Waals surface area contributed by atoms with Gasteiger partial charge in [0.25, 0.3) is 0 Å². The molecule has 0 amide bonds. The molecule has 5 heteroatoms. The Morgan fingerprint density at radius 1 is 0.104 bits per heavy atom. The van der Waals surface area contributed by atoms with E-state index < -0.39 is 33.8 Å². The van der Waals surface area contributed by atoms with Crippen molar-refractivity contribution in [3.63, 3.8) is 0 Å². The van der Waals surface area contributed by atoms with Crippen molar-refractivity contribution < 1.29 is 0 Å². The van der Waals surface area contributed by atoms with Crippen LogP contribution in [-0.2, 0) is 0 Å². The zero-order chi connectivity index (χ0) is 51.9. The Balaban J connectivity index is 1.64. The van der Waals surface area contributed by atoms with E-state index in [1.807, 2.05) is 0 Å². The molecule has 0 radical (unpaired) electrons. The first kappa shape index (κ1) is 50.6. The summed E-state index contributed by atoms with van der Waals surface area (Å²) in [4.78, 5) is 0. The van der Waals surface area contributed by atoms with Gasteiger partial charge >= 0.3 is 461 Å². The van der Waals surface area contributed by atoms with Crippen LogP contribution in [0.2, 0.25) is 0 Å². The molecular weight excluding hydrogens is 1020 g/mol. The van der Waals surface area contributed by atoms with Crippen LogP contribution in [0.15, 0.2) is 364 Å². The van der Waals surface area contributed by atoms with E-state index in [2.05, 4.69) is 364 Å². The monoisotopic (exact) mass is 1080 g/mol. The summed E-state index contributed by atoms with van der Waals surface area (Å²) in [5.74, 6) is 0. The molecule has 0 saturated carbocycles. The second kappa shape index (κ2) is 22.4. The summed E-state index contributed by atoms with van der Waals surface area (Å²) in [6.07, 6.45) is 0. The van der Waals surface area contributed by atoms with E-state index in [0.717, 1.165) is 0 Å². The zero-order valence-electron chi connectivity index (χ0n) is 43.1. The Morgan fingerprint density at radius 2 is 0.182 bits per heavy atom. The molecule has 0 aromatic heterocycles. The van der Waals surface area contributed by atoms with Gasteiger partial charge < -0.3 is 0 Å². The van der Waals surface area contributed by atoms with E-state index in [-0.39, 0.29) is 0 Å². The van der Waals surface area contributed by atoms with Crippen molar-refractivity contribution >= 4 is 97.5 Å². The number of rotatable bonds is 16. The van der Waals surface area contributed by atoms with Gasteiger partial charge in [0.05, 0.1) is 0 Å². The number of hydrogen-bond acceptors (Lipinski definition) is 0. The molecule has 77 heavy (non-hydrogen) atoms. The van der Waals surface area contributed by atoms with Crippen LogP contribution in [0.4, 0.5) is 0 Å². The second-order valence-corrected chi connectivity index (χ2v) is 61.6. The maximum atomic E-state index is 2.59. The van der Waals surface area contributed by atoms with Gasteiger partial charge in [0.15, 0.2) is 0 Å². The van der Waals surface area contributed by atoms with Gasteiger partial charge in [-0.2, -0.15) is 0 Å². The van der Waals surface area contributed by atoms with Crippen LogP contribution in [0, 0.1) is 0 Å². The van der Waals surface area contributed by atoms with E-state index in [0.29, 0.717) is 0 Å². The summed E-state index contributed by atoms with van der Waals surface area (Å²) in [6.45, 7) is -15.7. The molecule has 0 fully saturated rings. The molecule has 0 heterocycles. The van der Waals surface area contributed by atoms with Gasteiger partial charge in [-0.1, -0.05) is 0 Å². The van der Waals surface area contributed by atoms with Crippen LogP contribution < -0.4 is 63.7 Å². The van der Waals surface area contributed by atoms with Gasteiger partial charge in [-0.25, -0.2) is 0 Å². The van der Waals surface area contributed by atoms with E-state index in [4.69, 9.17) is 0 Å². The van der Waals surface area contributed by atoms with Crippen molar-refractivity contribution in [2.24, 2.45) is 0 Å². The molecule has 0 aliphatic rings. The molecule has 12 aromatic carbocycles. The van der Waals surface area contributed by atoms with Crippen molar-refractivity contribution in [1.29, 1.82) is 0 Å². The topological polar surface area (TPSA) is 0 Å². The van der Waals surface area contributed by atoms with Crippen molar-refractivity contribution in [2.45, 2.75) is 0 Å². The fourth-order valence-electron chi connectivity index (χ4n) is 14.5. The van der Waals surface area contributed by atoms with Crippen molar-refractivity contribution in [3.05, 3.63) is 364 Å². The first-order chi connectivity index (χ1) is 38.3. The average Bonchev–Trinajstić information content (AvgIpc) is 3.71. The van der Waals surface area contributed by atoms with Gasteiger partial charge in [-0.15, -0.1) is 0 Å². The van der Waals surface area contributed by atoms with Crippen LogP contribution in [0.5, 0.6) is 0 Å². The molecule has 0 spiro atoms. The minimum atomic E-state index is -4.25. The average molecular weight is 1090 g/mol. The quantitative estimate of drug-likeness (QED) is 0.0846. The Hall–Kier alpha value is -7.21. The number of benzene rings is 12. The SMILES string of the molecule is c1ccc([PH](c2ccccc2)(c2ccccc2)[PH]([PH](c2ccccc2)(c2ccccc2)c2ccccc2)([PH](c2ccccc2)(c2ccccc2)c2ccccc2)[PH](c2ccccc2)(c2ccccc2)c2ccccc2)cc1. The summed E-state index contributed by atoms with van der Waals surface area (Å²) in [5.41, 5.74) is 0. The third-order valence-corrected chi connectivity index (χ3v) is 100. The molecule has 0 unspecified atom stereocenters. The van der Waals surface area contributed by atoms with Crippen molar-refractivity contribution in [3.8, 4) is 0 Å². The van der Waals surface area contributed by atoms with E-state index in [9.17, 15) is 0 Å². The molecule has 12 rings (SSSR count). The third-order valence-electron chi connectivity index (χ3n) is 16.7. The van der Waals surface area contributed by atoms with E-state index in [1.54, 1.807) is 0 Å². The first-order valence-electron chi connectivity index (χ1n) is 26.9.